The Balaban J connectivity index is 1.38. The maximum absolute atomic E-state index is 12.7. The predicted molar refractivity (Wildman–Crippen MR) is 133 cm³/mol. The summed E-state index contributed by atoms with van der Waals surface area (Å²) >= 11 is 1.22. The monoisotopic (exact) mass is 493 g/mol. The van der Waals surface area contributed by atoms with Crippen LogP contribution in [0, 0.1) is 0 Å². The van der Waals surface area contributed by atoms with Gasteiger partial charge in [-0.05, 0) is 43.0 Å². The maximum atomic E-state index is 12.7. The Labute approximate surface area is 207 Å². The number of thiazole rings is 1. The number of carboxylic acid groups (broad SMARTS) is 1. The van der Waals surface area contributed by atoms with E-state index in [9.17, 15) is 19.5 Å². The second-order valence-electron chi connectivity index (χ2n) is 8.37. The van der Waals surface area contributed by atoms with E-state index in [4.69, 9.17) is 4.74 Å². The van der Waals surface area contributed by atoms with E-state index >= 15 is 0 Å². The molecule has 1 aliphatic rings. The molecule has 2 aromatic carbocycles. The Bertz CT molecular complexity index is 1210. The highest BCUT2D eigenvalue weighted by molar-refractivity contribution is 7.09. The van der Waals surface area contributed by atoms with Gasteiger partial charge in [0, 0.05) is 17.8 Å². The molecule has 2 atom stereocenters. The molecule has 2 amide bonds. The molecule has 0 saturated heterocycles. The molecule has 2 N–H and O–H groups in total. The van der Waals surface area contributed by atoms with Crippen molar-refractivity contribution in [1.29, 1.82) is 0 Å². The molecule has 0 saturated carbocycles. The van der Waals surface area contributed by atoms with E-state index in [1.54, 1.807) is 19.2 Å². The van der Waals surface area contributed by atoms with Crippen molar-refractivity contribution in [2.24, 2.45) is 0 Å². The summed E-state index contributed by atoms with van der Waals surface area (Å²) in [6.07, 6.45) is -0.572. The molecule has 182 valence electrons. The van der Waals surface area contributed by atoms with Gasteiger partial charge in [0.25, 0.3) is 5.91 Å². The van der Waals surface area contributed by atoms with E-state index in [0.29, 0.717) is 5.01 Å². The zero-order valence-electron chi connectivity index (χ0n) is 19.7. The van der Waals surface area contributed by atoms with E-state index in [1.807, 2.05) is 24.3 Å². The summed E-state index contributed by atoms with van der Waals surface area (Å²) in [5.41, 5.74) is 4.73. The molecule has 0 bridgehead atoms. The van der Waals surface area contributed by atoms with Crippen LogP contribution in [-0.2, 0) is 9.53 Å². The molecule has 3 aromatic rings. The first kappa shape index (κ1) is 24.4. The Morgan fingerprint density at radius 2 is 1.69 bits per heavy atom. The van der Waals surface area contributed by atoms with Gasteiger partial charge in [-0.2, -0.15) is 0 Å². The lowest BCUT2D eigenvalue weighted by Gasteiger charge is -2.24. The number of carbonyl (C=O) groups is 3. The maximum Gasteiger partial charge on any atom is 0.407 e. The van der Waals surface area contributed by atoms with Crippen LogP contribution in [0.15, 0.2) is 53.9 Å². The minimum Gasteiger partial charge on any atom is -0.480 e. The highest BCUT2D eigenvalue weighted by Gasteiger charge is 2.30. The highest BCUT2D eigenvalue weighted by atomic mass is 32.1. The number of likely N-dealkylation sites (N-methyl/N-ethyl adjacent to an activating group) is 1. The van der Waals surface area contributed by atoms with Crippen LogP contribution in [0.4, 0.5) is 4.79 Å². The Morgan fingerprint density at radius 3 is 2.26 bits per heavy atom. The summed E-state index contributed by atoms with van der Waals surface area (Å²) in [6, 6.07) is 14.8. The predicted octanol–water partition coefficient (Wildman–Crippen LogP) is 4.68. The fourth-order valence-corrected chi connectivity index (χ4v) is 5.14. The number of ether oxygens (including phenoxy) is 1. The summed E-state index contributed by atoms with van der Waals surface area (Å²) in [5, 5.41) is 14.1. The van der Waals surface area contributed by atoms with Crippen LogP contribution in [-0.4, -0.2) is 52.2 Å². The number of alkyl carbamates (subject to hydrolysis) is 1. The number of aromatic nitrogens is 1. The quantitative estimate of drug-likeness (QED) is 0.472. The molecule has 8 nitrogen and oxygen atoms in total. The number of carboxylic acids is 1. The first-order valence-corrected chi connectivity index (χ1v) is 12.3. The number of carbonyl (C=O) groups excluding carboxylic acids is 2. The number of nitrogens with zero attached hydrogens (tertiary/aromatic N) is 2. The van der Waals surface area contributed by atoms with Gasteiger partial charge >= 0.3 is 12.1 Å². The molecule has 0 aliphatic heterocycles. The summed E-state index contributed by atoms with van der Waals surface area (Å²) in [6.45, 7) is 5.37. The van der Waals surface area contributed by atoms with E-state index in [-0.39, 0.29) is 24.8 Å². The van der Waals surface area contributed by atoms with Crippen molar-refractivity contribution in [1.82, 2.24) is 15.2 Å². The minimum absolute atomic E-state index is 0.0382. The Morgan fingerprint density at radius 1 is 1.09 bits per heavy atom. The molecular formula is C26H27N3O5S. The average Bonchev–Trinajstić information content (AvgIpc) is 3.47. The third kappa shape index (κ3) is 4.90. The lowest BCUT2D eigenvalue weighted by Crippen LogP contribution is -2.43. The van der Waals surface area contributed by atoms with Crippen LogP contribution >= 0.6 is 11.3 Å². The molecule has 1 aromatic heterocycles. The molecule has 1 aliphatic carbocycles. The average molecular weight is 494 g/mol. The molecule has 9 heteroatoms. The van der Waals surface area contributed by atoms with Crippen LogP contribution < -0.4 is 5.32 Å². The fourth-order valence-electron chi connectivity index (χ4n) is 4.34. The number of fused-ring (bicyclic) bond motifs is 3. The van der Waals surface area contributed by atoms with Gasteiger partial charge in [0.05, 0.1) is 6.04 Å². The van der Waals surface area contributed by atoms with E-state index in [2.05, 4.69) is 34.6 Å². The number of hydrogen-bond donors (Lipinski definition) is 2. The van der Waals surface area contributed by atoms with Gasteiger partial charge in [0.1, 0.15) is 23.4 Å². The summed E-state index contributed by atoms with van der Waals surface area (Å²) in [5.74, 6) is -1.58. The summed E-state index contributed by atoms with van der Waals surface area (Å²) in [4.78, 5) is 42.2. The van der Waals surface area contributed by atoms with Crippen molar-refractivity contribution in [2.75, 3.05) is 13.2 Å². The number of amides is 2. The molecule has 1 heterocycles. The molecule has 0 radical (unpaired) electrons. The first-order valence-electron chi connectivity index (χ1n) is 11.4. The number of hydrogen-bond acceptors (Lipinski definition) is 6. The SMILES string of the molecule is CCN(C(=O)c1csc(C(C)NC(=O)OCC2c3ccccc3-c3ccccc32)n1)C(C)C(=O)O. The molecule has 0 spiro atoms. The molecule has 2 unspecified atom stereocenters. The third-order valence-corrected chi connectivity index (χ3v) is 7.24. The minimum atomic E-state index is -1.08. The smallest absolute Gasteiger partial charge is 0.407 e. The number of benzene rings is 2. The highest BCUT2D eigenvalue weighted by Crippen LogP contribution is 2.44. The van der Waals surface area contributed by atoms with Crippen molar-refractivity contribution >= 4 is 29.3 Å². The Kier molecular flexibility index (Phi) is 7.16. The lowest BCUT2D eigenvalue weighted by atomic mass is 9.98. The van der Waals surface area contributed by atoms with E-state index in [1.165, 1.54) is 23.2 Å². The van der Waals surface area contributed by atoms with Gasteiger partial charge in [-0.1, -0.05) is 48.5 Å². The van der Waals surface area contributed by atoms with Gasteiger partial charge in [-0.25, -0.2) is 14.6 Å². The van der Waals surface area contributed by atoms with Crippen molar-refractivity contribution in [3.8, 4) is 11.1 Å². The standard InChI is InChI=1S/C26H27N3O5S/c1-4-29(16(3)25(31)32)24(30)22-14-35-23(28-22)15(2)27-26(33)34-13-21-19-11-7-5-9-17(19)18-10-6-8-12-20(18)21/h5-12,14-16,21H,4,13H2,1-3H3,(H,27,33)(H,31,32). The third-order valence-electron chi connectivity index (χ3n) is 6.22. The fraction of sp³-hybridized carbons (Fsp3) is 0.308. The Hall–Kier alpha value is -3.72. The second-order valence-corrected chi connectivity index (χ2v) is 9.26. The largest absolute Gasteiger partial charge is 0.480 e. The molecule has 35 heavy (non-hydrogen) atoms. The van der Waals surface area contributed by atoms with Crippen molar-refractivity contribution in [2.45, 2.75) is 38.8 Å². The number of nitrogens with one attached hydrogen (secondary N) is 1. The zero-order valence-corrected chi connectivity index (χ0v) is 20.5. The zero-order chi connectivity index (χ0) is 25.1. The van der Waals surface area contributed by atoms with E-state index < -0.39 is 30.1 Å². The van der Waals surface area contributed by atoms with Gasteiger partial charge in [0.15, 0.2) is 0 Å². The molecule has 0 fully saturated rings. The van der Waals surface area contributed by atoms with Crippen molar-refractivity contribution in [3.63, 3.8) is 0 Å². The van der Waals surface area contributed by atoms with Gasteiger partial charge in [0.2, 0.25) is 0 Å². The van der Waals surface area contributed by atoms with Crippen LogP contribution in [0.2, 0.25) is 0 Å². The first-order chi connectivity index (χ1) is 16.8. The van der Waals surface area contributed by atoms with Crippen molar-refractivity contribution < 1.29 is 24.2 Å². The summed E-state index contributed by atoms with van der Waals surface area (Å²) in [7, 11) is 0. The van der Waals surface area contributed by atoms with Crippen LogP contribution in [0.1, 0.15) is 59.4 Å². The van der Waals surface area contributed by atoms with Gasteiger partial charge in [-0.3, -0.25) is 4.79 Å². The lowest BCUT2D eigenvalue weighted by molar-refractivity contribution is -0.141. The van der Waals surface area contributed by atoms with Gasteiger partial charge in [-0.15, -0.1) is 11.3 Å². The topological polar surface area (TPSA) is 109 Å². The number of rotatable bonds is 8. The summed E-state index contributed by atoms with van der Waals surface area (Å²) < 4.78 is 5.59. The van der Waals surface area contributed by atoms with Crippen LogP contribution in [0.25, 0.3) is 11.1 Å². The second kappa shape index (κ2) is 10.3. The van der Waals surface area contributed by atoms with Crippen LogP contribution in [0.5, 0.6) is 0 Å². The van der Waals surface area contributed by atoms with Crippen LogP contribution in [0.3, 0.4) is 0 Å². The number of aliphatic carboxylic acids is 1. The molecule has 4 rings (SSSR count). The molecular weight excluding hydrogens is 466 g/mol. The van der Waals surface area contributed by atoms with E-state index in [0.717, 1.165) is 22.3 Å². The normalized spacial score (nSPS) is 13.9. The van der Waals surface area contributed by atoms with Gasteiger partial charge < -0.3 is 20.1 Å². The van der Waals surface area contributed by atoms with Crippen molar-refractivity contribution in [3.05, 3.63) is 75.7 Å².